The molecule has 0 heteroatoms. The van der Waals surface area contributed by atoms with E-state index in [2.05, 4.69) is 171 Å². The molecule has 0 atom stereocenters. The Hall–Kier alpha value is -5.20. The third-order valence-electron chi connectivity index (χ3n) is 10.6. The molecule has 6 aromatic carbocycles. The molecule has 45 heavy (non-hydrogen) atoms. The first-order chi connectivity index (χ1) is 22.2. The van der Waals surface area contributed by atoms with Gasteiger partial charge in [0.1, 0.15) is 0 Å². The Labute approximate surface area is 266 Å². The van der Waals surface area contributed by atoms with Crippen molar-refractivity contribution < 1.29 is 0 Å². The average Bonchev–Trinajstić information content (AvgIpc) is 3.58. The van der Waals surface area contributed by atoms with E-state index in [1.54, 1.807) is 0 Å². The monoisotopic (exact) mass is 574 g/mol. The summed E-state index contributed by atoms with van der Waals surface area (Å²) in [5.74, 6) is 0. The lowest BCUT2D eigenvalue weighted by atomic mass is 9.63. The van der Waals surface area contributed by atoms with E-state index in [-0.39, 0.29) is 5.41 Å². The lowest BCUT2D eigenvalue weighted by Crippen LogP contribution is -2.32. The Morgan fingerprint density at radius 1 is 0.444 bits per heavy atom. The van der Waals surface area contributed by atoms with E-state index < -0.39 is 5.41 Å². The van der Waals surface area contributed by atoms with Gasteiger partial charge >= 0.3 is 0 Å². The first-order valence-corrected chi connectivity index (χ1v) is 16.2. The summed E-state index contributed by atoms with van der Waals surface area (Å²) in [6, 6.07) is 57.3. The van der Waals surface area contributed by atoms with Gasteiger partial charge in [0.05, 0.1) is 10.8 Å². The molecule has 9 rings (SSSR count). The van der Waals surface area contributed by atoms with E-state index in [4.69, 9.17) is 0 Å². The van der Waals surface area contributed by atoms with Gasteiger partial charge in [-0.3, -0.25) is 0 Å². The predicted octanol–water partition coefficient (Wildman–Crippen LogP) is 10.8. The van der Waals surface area contributed by atoms with Crippen molar-refractivity contribution in [1.82, 2.24) is 0 Å². The van der Waals surface area contributed by atoms with E-state index in [0.29, 0.717) is 0 Å². The lowest BCUT2D eigenvalue weighted by Gasteiger charge is -2.38. The van der Waals surface area contributed by atoms with Crippen LogP contribution in [0.1, 0.15) is 62.9 Å². The largest absolute Gasteiger partial charge is 0.0836 e. The van der Waals surface area contributed by atoms with E-state index in [1.807, 2.05) is 0 Å². The Kier molecular flexibility index (Phi) is 5.77. The number of hydrogen-bond acceptors (Lipinski definition) is 0. The third-order valence-corrected chi connectivity index (χ3v) is 10.6. The molecular formula is C45H34. The van der Waals surface area contributed by atoms with Gasteiger partial charge in [0, 0.05) is 0 Å². The van der Waals surface area contributed by atoms with Crippen molar-refractivity contribution >= 4 is 5.57 Å². The molecule has 0 aliphatic heterocycles. The quantitative estimate of drug-likeness (QED) is 0.196. The van der Waals surface area contributed by atoms with Crippen molar-refractivity contribution in [2.75, 3.05) is 0 Å². The summed E-state index contributed by atoms with van der Waals surface area (Å²) in [5, 5.41) is 0. The number of allylic oxidation sites excluding steroid dienone is 4. The minimum Gasteiger partial charge on any atom is -0.0836 e. The number of hydrogen-bond donors (Lipinski definition) is 0. The molecule has 3 aliphatic carbocycles. The van der Waals surface area contributed by atoms with Crippen molar-refractivity contribution in [3.63, 3.8) is 0 Å². The van der Waals surface area contributed by atoms with Gasteiger partial charge in [-0.25, -0.2) is 0 Å². The Balaban J connectivity index is 1.42. The molecule has 0 unspecified atom stereocenters. The molecular weight excluding hydrogens is 540 g/mol. The van der Waals surface area contributed by atoms with Crippen LogP contribution in [0.5, 0.6) is 0 Å². The van der Waals surface area contributed by atoms with Gasteiger partial charge in [-0.2, -0.15) is 0 Å². The molecule has 214 valence electrons. The van der Waals surface area contributed by atoms with Crippen molar-refractivity contribution in [1.29, 1.82) is 0 Å². The van der Waals surface area contributed by atoms with Crippen LogP contribution in [0.25, 0.3) is 16.7 Å². The fourth-order valence-corrected chi connectivity index (χ4v) is 8.82. The third kappa shape index (κ3) is 3.48. The van der Waals surface area contributed by atoms with Crippen molar-refractivity contribution in [3.8, 4) is 11.1 Å². The van der Waals surface area contributed by atoms with Crippen LogP contribution in [-0.2, 0) is 10.8 Å². The molecule has 0 spiro atoms. The van der Waals surface area contributed by atoms with E-state index in [1.165, 1.54) is 72.3 Å². The van der Waals surface area contributed by atoms with Crippen LogP contribution >= 0.6 is 0 Å². The highest BCUT2D eigenvalue weighted by Crippen LogP contribution is 2.60. The molecule has 6 aromatic rings. The Morgan fingerprint density at radius 2 is 0.978 bits per heavy atom. The van der Waals surface area contributed by atoms with Crippen LogP contribution in [0, 0.1) is 6.92 Å². The fraction of sp³-hybridized carbons (Fsp3) is 0.111. The molecule has 0 saturated heterocycles. The van der Waals surface area contributed by atoms with Crippen molar-refractivity contribution in [2.45, 2.75) is 30.6 Å². The van der Waals surface area contributed by atoms with Crippen molar-refractivity contribution in [3.05, 3.63) is 219 Å². The van der Waals surface area contributed by atoms with Gasteiger partial charge in [0.15, 0.2) is 0 Å². The summed E-state index contributed by atoms with van der Waals surface area (Å²) in [6.45, 7) is 2.18. The Bertz CT molecular complexity index is 2060. The maximum Gasteiger partial charge on any atom is 0.0713 e. The highest BCUT2D eigenvalue weighted by Gasteiger charge is 2.50. The highest BCUT2D eigenvalue weighted by atomic mass is 14.5. The molecule has 0 amide bonds. The topological polar surface area (TPSA) is 0 Å². The first kappa shape index (κ1) is 26.2. The predicted molar refractivity (Wildman–Crippen MR) is 187 cm³/mol. The SMILES string of the molecule is Cc1ccc(C2(c3ccc4c(c3)C(c3ccccc3)(c3ccccc3)C3=C4C=CCC3)c3ccccc3-c3ccccc32)cc1. The molecule has 0 aromatic heterocycles. The summed E-state index contributed by atoms with van der Waals surface area (Å²) in [5.41, 5.74) is 16.8. The van der Waals surface area contributed by atoms with Crippen LogP contribution in [0.15, 0.2) is 169 Å². The number of fused-ring (bicyclic) bond motifs is 5. The standard InChI is InChI=1S/C45H34/c1-31-24-26-34(27-25-31)45(41-22-12-8-18-36(41)37-19-9-13-23-42(37)45)35-28-29-39-38-20-10-11-21-40(38)44(43(39)30-35,32-14-4-2-5-15-32)33-16-6-3-7-17-33/h2-10,12-20,22-30H,11,21H2,1H3. The molecule has 0 fully saturated rings. The van der Waals surface area contributed by atoms with E-state index in [0.717, 1.165) is 12.8 Å². The minimum atomic E-state index is -0.437. The molecule has 0 heterocycles. The molecule has 0 saturated carbocycles. The smallest absolute Gasteiger partial charge is 0.0713 e. The summed E-state index contributed by atoms with van der Waals surface area (Å²) in [7, 11) is 0. The van der Waals surface area contributed by atoms with Crippen LogP contribution in [-0.4, -0.2) is 0 Å². The second kappa shape index (κ2) is 9.91. The number of benzene rings is 6. The fourth-order valence-electron chi connectivity index (χ4n) is 8.82. The van der Waals surface area contributed by atoms with Crippen LogP contribution in [0.3, 0.4) is 0 Å². The normalized spacial score (nSPS) is 16.6. The summed E-state index contributed by atoms with van der Waals surface area (Å²) in [4.78, 5) is 0. The van der Waals surface area contributed by atoms with Gasteiger partial charge in [0.25, 0.3) is 0 Å². The second-order valence-corrected chi connectivity index (χ2v) is 12.8. The van der Waals surface area contributed by atoms with Gasteiger partial charge < -0.3 is 0 Å². The van der Waals surface area contributed by atoms with Crippen molar-refractivity contribution in [2.24, 2.45) is 0 Å². The first-order valence-electron chi connectivity index (χ1n) is 16.2. The minimum absolute atomic E-state index is 0.361. The molecule has 0 bridgehead atoms. The summed E-state index contributed by atoms with van der Waals surface area (Å²) >= 11 is 0. The zero-order valence-corrected chi connectivity index (χ0v) is 25.5. The van der Waals surface area contributed by atoms with Gasteiger partial charge in [-0.1, -0.05) is 169 Å². The van der Waals surface area contributed by atoms with E-state index >= 15 is 0 Å². The van der Waals surface area contributed by atoms with Crippen LogP contribution in [0.2, 0.25) is 0 Å². The molecule has 0 N–H and O–H groups in total. The summed E-state index contributed by atoms with van der Waals surface area (Å²) in [6.07, 6.45) is 6.87. The van der Waals surface area contributed by atoms with E-state index in [9.17, 15) is 0 Å². The number of aryl methyl sites for hydroxylation is 1. The highest BCUT2D eigenvalue weighted by molar-refractivity contribution is 5.92. The molecule has 0 radical (unpaired) electrons. The Morgan fingerprint density at radius 3 is 1.60 bits per heavy atom. The van der Waals surface area contributed by atoms with Crippen LogP contribution in [0.4, 0.5) is 0 Å². The maximum absolute atomic E-state index is 2.58. The lowest BCUT2D eigenvalue weighted by molar-refractivity contribution is 0.690. The van der Waals surface area contributed by atoms with Gasteiger partial charge in [-0.15, -0.1) is 0 Å². The second-order valence-electron chi connectivity index (χ2n) is 12.8. The van der Waals surface area contributed by atoms with Gasteiger partial charge in [0.2, 0.25) is 0 Å². The zero-order valence-electron chi connectivity index (χ0n) is 25.5. The average molecular weight is 575 g/mol. The van der Waals surface area contributed by atoms with Gasteiger partial charge in [-0.05, 0) is 86.5 Å². The zero-order chi connectivity index (χ0) is 30.0. The molecule has 3 aliphatic rings. The number of rotatable bonds is 4. The maximum atomic E-state index is 2.58. The van der Waals surface area contributed by atoms with Crippen LogP contribution < -0.4 is 0 Å². The molecule has 0 nitrogen and oxygen atoms in total. The summed E-state index contributed by atoms with van der Waals surface area (Å²) < 4.78 is 0.